The Hall–Kier alpha value is -0.750. The van der Waals surface area contributed by atoms with Crippen molar-refractivity contribution in [2.75, 3.05) is 0 Å². The van der Waals surface area contributed by atoms with Gasteiger partial charge in [-0.2, -0.15) is 5.10 Å². The topological polar surface area (TPSA) is 52.0 Å². The highest BCUT2D eigenvalue weighted by Gasteiger charge is 2.13. The summed E-state index contributed by atoms with van der Waals surface area (Å²) in [6.07, 6.45) is 2.45. The molecule has 8 heteroatoms. The van der Waals surface area contributed by atoms with E-state index in [1.807, 2.05) is 0 Å². The van der Waals surface area contributed by atoms with Gasteiger partial charge in [0.05, 0.1) is 28.1 Å². The monoisotopic (exact) mass is 310 g/mol. The lowest BCUT2D eigenvalue weighted by atomic mass is 10.3. The standard InChI is InChI=1S/C9H5Cl3N2O2S/c10-8-2-1-6(3-9(8)11)14-5-7(4-13-14)17(12,15)16/h1-5H. The molecule has 90 valence electrons. The normalized spacial score (nSPS) is 11.7. The van der Waals surface area contributed by atoms with Crippen molar-refractivity contribution in [2.45, 2.75) is 4.90 Å². The van der Waals surface area contributed by atoms with E-state index in [0.717, 1.165) is 6.20 Å². The summed E-state index contributed by atoms with van der Waals surface area (Å²) in [5.74, 6) is 0. The van der Waals surface area contributed by atoms with E-state index >= 15 is 0 Å². The highest BCUT2D eigenvalue weighted by Crippen LogP contribution is 2.25. The molecule has 0 aliphatic rings. The highest BCUT2D eigenvalue weighted by atomic mass is 35.7. The molecule has 2 aromatic rings. The number of benzene rings is 1. The van der Waals surface area contributed by atoms with Crippen LogP contribution in [0.2, 0.25) is 10.0 Å². The minimum absolute atomic E-state index is 0.0785. The molecule has 0 saturated carbocycles. The summed E-state index contributed by atoms with van der Waals surface area (Å²) in [7, 11) is 1.41. The molecule has 0 bridgehead atoms. The number of hydrogen-bond acceptors (Lipinski definition) is 3. The molecule has 0 atom stereocenters. The number of nitrogens with zero attached hydrogens (tertiary/aromatic N) is 2. The average molecular weight is 312 g/mol. The van der Waals surface area contributed by atoms with Crippen molar-refractivity contribution in [3.05, 3.63) is 40.6 Å². The van der Waals surface area contributed by atoms with Gasteiger partial charge in [0.1, 0.15) is 4.90 Å². The summed E-state index contributed by atoms with van der Waals surface area (Å²) in [5, 5.41) is 4.64. The molecule has 17 heavy (non-hydrogen) atoms. The molecule has 0 radical (unpaired) electrons. The van der Waals surface area contributed by atoms with Crippen molar-refractivity contribution in [3.63, 3.8) is 0 Å². The molecule has 0 saturated heterocycles. The van der Waals surface area contributed by atoms with E-state index in [9.17, 15) is 8.42 Å². The van der Waals surface area contributed by atoms with Gasteiger partial charge in [0, 0.05) is 10.7 Å². The maximum atomic E-state index is 11.1. The predicted molar refractivity (Wildman–Crippen MR) is 66.6 cm³/mol. The van der Waals surface area contributed by atoms with E-state index in [4.69, 9.17) is 33.9 Å². The quantitative estimate of drug-likeness (QED) is 0.801. The van der Waals surface area contributed by atoms with Crippen molar-refractivity contribution < 1.29 is 8.42 Å². The summed E-state index contributed by atoms with van der Waals surface area (Å²) in [4.78, 5) is -0.0785. The zero-order valence-corrected chi connectivity index (χ0v) is 11.2. The fraction of sp³-hybridized carbons (Fsp3) is 0. The lowest BCUT2D eigenvalue weighted by Gasteiger charge is -2.02. The van der Waals surface area contributed by atoms with Crippen LogP contribution in [0.4, 0.5) is 0 Å². The summed E-state index contributed by atoms with van der Waals surface area (Å²) in [6.45, 7) is 0. The maximum absolute atomic E-state index is 11.1. The van der Waals surface area contributed by atoms with Crippen LogP contribution >= 0.6 is 33.9 Å². The Morgan fingerprint density at radius 2 is 1.88 bits per heavy atom. The third kappa shape index (κ3) is 2.74. The molecule has 4 nitrogen and oxygen atoms in total. The second kappa shape index (κ2) is 4.49. The molecule has 0 fully saturated rings. The molecule has 2 rings (SSSR count). The fourth-order valence-electron chi connectivity index (χ4n) is 1.20. The van der Waals surface area contributed by atoms with Crippen LogP contribution in [-0.4, -0.2) is 18.2 Å². The van der Waals surface area contributed by atoms with Gasteiger partial charge in [0.15, 0.2) is 0 Å². The maximum Gasteiger partial charge on any atom is 0.264 e. The predicted octanol–water partition coefficient (Wildman–Crippen LogP) is 3.11. The van der Waals surface area contributed by atoms with E-state index in [-0.39, 0.29) is 4.90 Å². The van der Waals surface area contributed by atoms with Gasteiger partial charge in [-0.15, -0.1) is 0 Å². The zero-order valence-electron chi connectivity index (χ0n) is 8.14. The molecule has 1 aromatic heterocycles. The number of rotatable bonds is 2. The van der Waals surface area contributed by atoms with Gasteiger partial charge in [-0.05, 0) is 18.2 Å². The van der Waals surface area contributed by atoms with Gasteiger partial charge < -0.3 is 0 Å². The molecular formula is C9H5Cl3N2O2S. The third-order valence-electron chi connectivity index (χ3n) is 2.01. The first-order valence-electron chi connectivity index (χ1n) is 4.33. The number of hydrogen-bond donors (Lipinski definition) is 0. The van der Waals surface area contributed by atoms with Crippen molar-refractivity contribution in [1.82, 2.24) is 9.78 Å². The lowest BCUT2D eigenvalue weighted by molar-refractivity contribution is 0.609. The van der Waals surface area contributed by atoms with E-state index in [0.29, 0.717) is 15.7 Å². The SMILES string of the molecule is O=S(=O)(Cl)c1cnn(-c2ccc(Cl)c(Cl)c2)c1. The summed E-state index contributed by atoms with van der Waals surface area (Å²) in [6, 6.07) is 4.82. The Bertz CT molecular complexity index is 667. The van der Waals surface area contributed by atoms with E-state index in [1.54, 1.807) is 18.2 Å². The largest absolute Gasteiger partial charge is 0.264 e. The van der Waals surface area contributed by atoms with Crippen molar-refractivity contribution in [2.24, 2.45) is 0 Å². The average Bonchev–Trinajstić information content (AvgIpc) is 2.70. The molecule has 1 aromatic carbocycles. The van der Waals surface area contributed by atoms with Crippen LogP contribution in [0.1, 0.15) is 0 Å². The minimum Gasteiger partial charge on any atom is -0.240 e. The van der Waals surface area contributed by atoms with Crippen LogP contribution in [0.15, 0.2) is 35.5 Å². The van der Waals surface area contributed by atoms with Gasteiger partial charge in [0.25, 0.3) is 9.05 Å². The number of halogens is 3. The Balaban J connectivity index is 2.47. The van der Waals surface area contributed by atoms with Crippen molar-refractivity contribution in [3.8, 4) is 5.69 Å². The lowest BCUT2D eigenvalue weighted by Crippen LogP contribution is -1.94. The molecule has 0 unspecified atom stereocenters. The van der Waals surface area contributed by atoms with Crippen LogP contribution in [0.25, 0.3) is 5.69 Å². The van der Waals surface area contributed by atoms with Crippen LogP contribution in [0.3, 0.4) is 0 Å². The van der Waals surface area contributed by atoms with Crippen molar-refractivity contribution >= 4 is 42.9 Å². The first-order valence-corrected chi connectivity index (χ1v) is 7.39. The number of aromatic nitrogens is 2. The minimum atomic E-state index is -3.78. The first-order chi connectivity index (χ1) is 7.88. The highest BCUT2D eigenvalue weighted by molar-refractivity contribution is 8.13. The van der Waals surface area contributed by atoms with Crippen LogP contribution in [0, 0.1) is 0 Å². The molecular weight excluding hydrogens is 307 g/mol. The zero-order chi connectivity index (χ0) is 12.6. The summed E-state index contributed by atoms with van der Waals surface area (Å²) >= 11 is 11.6. The van der Waals surface area contributed by atoms with Crippen LogP contribution in [0.5, 0.6) is 0 Å². The molecule has 0 N–H and O–H groups in total. The van der Waals surface area contributed by atoms with Crippen LogP contribution in [-0.2, 0) is 9.05 Å². The molecule has 1 heterocycles. The second-order valence-electron chi connectivity index (χ2n) is 3.16. The van der Waals surface area contributed by atoms with E-state index in [1.165, 1.54) is 10.9 Å². The summed E-state index contributed by atoms with van der Waals surface area (Å²) < 4.78 is 23.5. The van der Waals surface area contributed by atoms with E-state index < -0.39 is 9.05 Å². The molecule has 0 aliphatic heterocycles. The Morgan fingerprint density at radius 1 is 1.18 bits per heavy atom. The first kappa shape index (κ1) is 12.7. The van der Waals surface area contributed by atoms with E-state index in [2.05, 4.69) is 5.10 Å². The van der Waals surface area contributed by atoms with Gasteiger partial charge in [-0.25, -0.2) is 13.1 Å². The molecule has 0 aliphatic carbocycles. The van der Waals surface area contributed by atoms with Gasteiger partial charge in [-0.1, -0.05) is 23.2 Å². The smallest absolute Gasteiger partial charge is 0.240 e. The second-order valence-corrected chi connectivity index (χ2v) is 6.54. The van der Waals surface area contributed by atoms with Gasteiger partial charge in [-0.3, -0.25) is 0 Å². The Kier molecular flexibility index (Phi) is 3.36. The van der Waals surface area contributed by atoms with Gasteiger partial charge >= 0.3 is 0 Å². The van der Waals surface area contributed by atoms with Crippen molar-refractivity contribution in [1.29, 1.82) is 0 Å². The molecule has 0 amide bonds. The summed E-state index contributed by atoms with van der Waals surface area (Å²) in [5.41, 5.74) is 0.589. The third-order valence-corrected chi connectivity index (χ3v) is 4.06. The Labute approximate surface area is 112 Å². The van der Waals surface area contributed by atoms with Crippen LogP contribution < -0.4 is 0 Å². The molecule has 0 spiro atoms. The van der Waals surface area contributed by atoms with Gasteiger partial charge in [0.2, 0.25) is 0 Å². The fourth-order valence-corrected chi connectivity index (χ4v) is 2.13. The Morgan fingerprint density at radius 3 is 2.41 bits per heavy atom.